The van der Waals surface area contributed by atoms with Crippen LogP contribution in [0.1, 0.15) is 0 Å². The SMILES string of the molecule is Clc1c[c]cc2nn(Cl)cc12. The minimum atomic E-state index is 0.620. The standard InChI is InChI=1S/C7H3Cl2N2/c8-6-2-1-3-7-5(6)4-11(9)10-7/h2-4H. The molecule has 0 atom stereocenters. The molecule has 0 unspecified atom stereocenters. The van der Waals surface area contributed by atoms with Gasteiger partial charge in [0.2, 0.25) is 0 Å². The zero-order chi connectivity index (χ0) is 7.84. The summed E-state index contributed by atoms with van der Waals surface area (Å²) >= 11 is 11.4. The predicted molar refractivity (Wildman–Crippen MR) is 44.8 cm³/mol. The fraction of sp³-hybridized carbons (Fsp3) is 0. The van der Waals surface area contributed by atoms with Crippen LogP contribution in [0.4, 0.5) is 0 Å². The van der Waals surface area contributed by atoms with Gasteiger partial charge >= 0.3 is 0 Å². The first kappa shape index (κ1) is 6.95. The highest BCUT2D eigenvalue weighted by Crippen LogP contribution is 2.21. The van der Waals surface area contributed by atoms with Gasteiger partial charge in [-0.15, -0.1) is 0 Å². The molecule has 0 saturated carbocycles. The molecule has 2 nitrogen and oxygen atoms in total. The maximum atomic E-state index is 5.83. The van der Waals surface area contributed by atoms with Gasteiger partial charge in [-0.3, -0.25) is 0 Å². The zero-order valence-electron chi connectivity index (χ0n) is 5.38. The number of rotatable bonds is 0. The lowest BCUT2D eigenvalue weighted by molar-refractivity contribution is 1.02. The predicted octanol–water partition coefficient (Wildman–Crippen LogP) is 2.49. The number of hydrogen-bond donors (Lipinski definition) is 0. The third kappa shape index (κ3) is 1.08. The van der Waals surface area contributed by atoms with Gasteiger partial charge in [0.15, 0.2) is 0 Å². The Kier molecular flexibility index (Phi) is 1.51. The van der Waals surface area contributed by atoms with Crippen molar-refractivity contribution in [1.29, 1.82) is 0 Å². The molecule has 4 heteroatoms. The van der Waals surface area contributed by atoms with Gasteiger partial charge in [0, 0.05) is 17.2 Å². The summed E-state index contributed by atoms with van der Waals surface area (Å²) in [6, 6.07) is 6.27. The smallest absolute Gasteiger partial charge is 0.0959 e. The zero-order valence-corrected chi connectivity index (χ0v) is 6.89. The van der Waals surface area contributed by atoms with Crippen molar-refractivity contribution in [3.8, 4) is 0 Å². The second-order valence-electron chi connectivity index (χ2n) is 2.12. The molecule has 1 heterocycles. The minimum absolute atomic E-state index is 0.620. The van der Waals surface area contributed by atoms with E-state index < -0.39 is 0 Å². The molecular formula is C7H3Cl2N2. The molecule has 0 fully saturated rings. The topological polar surface area (TPSA) is 17.8 Å². The summed E-state index contributed by atoms with van der Waals surface area (Å²) in [7, 11) is 0. The Morgan fingerprint density at radius 1 is 1.45 bits per heavy atom. The second-order valence-corrected chi connectivity index (χ2v) is 2.87. The van der Waals surface area contributed by atoms with Crippen LogP contribution >= 0.6 is 23.4 Å². The number of hydrogen-bond acceptors (Lipinski definition) is 1. The van der Waals surface area contributed by atoms with E-state index in [1.54, 1.807) is 18.3 Å². The summed E-state index contributed by atoms with van der Waals surface area (Å²) in [6.07, 6.45) is 1.66. The molecule has 0 aliphatic carbocycles. The van der Waals surface area contributed by atoms with Crippen LogP contribution in [0.15, 0.2) is 18.3 Å². The van der Waals surface area contributed by atoms with Gasteiger partial charge in [-0.2, -0.15) is 9.30 Å². The first-order valence-corrected chi connectivity index (χ1v) is 3.70. The van der Waals surface area contributed by atoms with Gasteiger partial charge in [0.05, 0.1) is 16.7 Å². The molecule has 0 spiro atoms. The van der Waals surface area contributed by atoms with Crippen LogP contribution in [-0.4, -0.2) is 9.30 Å². The summed E-state index contributed by atoms with van der Waals surface area (Å²) < 4.78 is 1.21. The quantitative estimate of drug-likeness (QED) is 0.617. The van der Waals surface area contributed by atoms with Gasteiger partial charge < -0.3 is 0 Å². The van der Waals surface area contributed by atoms with Crippen molar-refractivity contribution in [2.45, 2.75) is 0 Å². The molecule has 11 heavy (non-hydrogen) atoms. The van der Waals surface area contributed by atoms with Crippen molar-refractivity contribution in [1.82, 2.24) is 9.30 Å². The van der Waals surface area contributed by atoms with Crippen LogP contribution in [0, 0.1) is 6.07 Å². The van der Waals surface area contributed by atoms with Gasteiger partial charge in [-0.05, 0) is 18.2 Å². The van der Waals surface area contributed by atoms with Crippen molar-refractivity contribution < 1.29 is 0 Å². The van der Waals surface area contributed by atoms with Crippen molar-refractivity contribution in [3.05, 3.63) is 29.4 Å². The van der Waals surface area contributed by atoms with Crippen molar-refractivity contribution in [3.63, 3.8) is 0 Å². The van der Waals surface area contributed by atoms with E-state index in [0.29, 0.717) is 5.02 Å². The van der Waals surface area contributed by atoms with Crippen LogP contribution in [0.2, 0.25) is 5.02 Å². The number of halogens is 2. The molecule has 0 bridgehead atoms. The van der Waals surface area contributed by atoms with Crippen LogP contribution < -0.4 is 0 Å². The van der Waals surface area contributed by atoms with Crippen LogP contribution in [-0.2, 0) is 0 Å². The summed E-state index contributed by atoms with van der Waals surface area (Å²) in [6.45, 7) is 0. The average Bonchev–Trinajstić information content (AvgIpc) is 2.31. The molecule has 0 saturated heterocycles. The Balaban J connectivity index is 2.90. The van der Waals surface area contributed by atoms with Crippen LogP contribution in [0.3, 0.4) is 0 Å². The highest BCUT2D eigenvalue weighted by atomic mass is 35.5. The van der Waals surface area contributed by atoms with Crippen LogP contribution in [0.5, 0.6) is 0 Å². The molecule has 1 radical (unpaired) electrons. The van der Waals surface area contributed by atoms with E-state index in [2.05, 4.69) is 11.2 Å². The number of fused-ring (bicyclic) bond motifs is 1. The Bertz CT molecular complexity index is 394. The van der Waals surface area contributed by atoms with Gasteiger partial charge in [0.25, 0.3) is 0 Å². The fourth-order valence-corrected chi connectivity index (χ4v) is 1.31. The molecule has 1 aromatic heterocycles. The van der Waals surface area contributed by atoms with E-state index in [1.165, 1.54) is 4.20 Å². The van der Waals surface area contributed by atoms with E-state index in [0.717, 1.165) is 10.9 Å². The lowest BCUT2D eigenvalue weighted by Gasteiger charge is -1.86. The van der Waals surface area contributed by atoms with E-state index >= 15 is 0 Å². The fourth-order valence-electron chi connectivity index (χ4n) is 0.920. The molecule has 2 aromatic rings. The average molecular weight is 186 g/mol. The van der Waals surface area contributed by atoms with E-state index in [9.17, 15) is 0 Å². The Morgan fingerprint density at radius 3 is 3.00 bits per heavy atom. The molecular weight excluding hydrogens is 183 g/mol. The normalized spacial score (nSPS) is 10.7. The van der Waals surface area contributed by atoms with Crippen molar-refractivity contribution in [2.75, 3.05) is 0 Å². The maximum Gasteiger partial charge on any atom is 0.0959 e. The number of nitrogens with zero attached hydrogens (tertiary/aromatic N) is 2. The molecule has 0 N–H and O–H groups in total. The molecule has 2 rings (SSSR count). The molecule has 1 aromatic carbocycles. The number of aromatic nitrogens is 2. The Hall–Kier alpha value is -0.730. The molecule has 0 aliphatic rings. The second kappa shape index (κ2) is 2.40. The minimum Gasteiger partial charge on any atom is -0.179 e. The largest absolute Gasteiger partial charge is 0.179 e. The highest BCUT2D eigenvalue weighted by Gasteiger charge is 2.01. The Morgan fingerprint density at radius 2 is 2.27 bits per heavy atom. The monoisotopic (exact) mass is 185 g/mol. The summed E-state index contributed by atoms with van der Waals surface area (Å²) in [5.41, 5.74) is 0.757. The maximum absolute atomic E-state index is 5.83. The first-order chi connectivity index (χ1) is 5.27. The lowest BCUT2D eigenvalue weighted by atomic mass is 10.3. The van der Waals surface area contributed by atoms with Crippen LogP contribution in [0.25, 0.3) is 10.9 Å². The highest BCUT2D eigenvalue weighted by molar-refractivity contribution is 6.35. The van der Waals surface area contributed by atoms with E-state index in [-0.39, 0.29) is 0 Å². The summed E-state index contributed by atoms with van der Waals surface area (Å²) in [5.74, 6) is 0. The van der Waals surface area contributed by atoms with Gasteiger partial charge in [-0.1, -0.05) is 11.6 Å². The third-order valence-corrected chi connectivity index (χ3v) is 1.89. The summed E-state index contributed by atoms with van der Waals surface area (Å²) in [5, 5.41) is 5.41. The number of benzene rings is 1. The third-order valence-electron chi connectivity index (χ3n) is 1.40. The first-order valence-electron chi connectivity index (χ1n) is 2.98. The Labute approximate surface area is 73.4 Å². The van der Waals surface area contributed by atoms with E-state index in [1.807, 2.05) is 0 Å². The van der Waals surface area contributed by atoms with Gasteiger partial charge in [-0.25, -0.2) is 0 Å². The molecule has 0 amide bonds. The summed E-state index contributed by atoms with van der Waals surface area (Å²) in [4.78, 5) is 0. The molecule has 55 valence electrons. The van der Waals surface area contributed by atoms with Gasteiger partial charge in [0.1, 0.15) is 0 Å². The lowest BCUT2D eigenvalue weighted by Crippen LogP contribution is -1.75. The van der Waals surface area contributed by atoms with E-state index in [4.69, 9.17) is 23.4 Å². The van der Waals surface area contributed by atoms with Crippen molar-refractivity contribution >= 4 is 34.3 Å². The molecule has 0 aliphatic heterocycles. The van der Waals surface area contributed by atoms with Crippen molar-refractivity contribution in [2.24, 2.45) is 0 Å².